The molecule has 0 amide bonds. The molecule has 0 aliphatic carbocycles. The Labute approximate surface area is 168 Å². The Morgan fingerprint density at radius 2 is 1.55 bits per heavy atom. The number of hydrogen-bond acceptors (Lipinski definition) is 8. The minimum Gasteiger partial charge on any atom is -0.493 e. The van der Waals surface area contributed by atoms with E-state index < -0.39 is 18.2 Å². The van der Waals surface area contributed by atoms with Crippen molar-refractivity contribution in [3.8, 4) is 17.2 Å². The van der Waals surface area contributed by atoms with Crippen molar-refractivity contribution in [2.45, 2.75) is 12.3 Å². The molecule has 8 heteroatoms. The number of hydrogen-bond donors (Lipinski definition) is 1. The Balaban J connectivity index is 1.76. The first kappa shape index (κ1) is 20.6. The quantitative estimate of drug-likeness (QED) is 0.558. The molecule has 2 aromatic carbocycles. The van der Waals surface area contributed by atoms with Crippen LogP contribution in [0, 0.1) is 0 Å². The van der Waals surface area contributed by atoms with E-state index in [4.69, 9.17) is 23.7 Å². The van der Waals surface area contributed by atoms with E-state index in [2.05, 4.69) is 5.32 Å². The molecule has 2 unspecified atom stereocenters. The normalized spacial score (nSPS) is 18.2. The monoisotopic (exact) mass is 401 g/mol. The molecule has 8 nitrogen and oxygen atoms in total. The van der Waals surface area contributed by atoms with Gasteiger partial charge in [-0.3, -0.25) is 10.1 Å². The maximum Gasteiger partial charge on any atom is 0.337 e. The van der Waals surface area contributed by atoms with Gasteiger partial charge < -0.3 is 23.7 Å². The Bertz CT molecular complexity index is 869. The topological polar surface area (TPSA) is 92.3 Å². The van der Waals surface area contributed by atoms with Crippen LogP contribution in [-0.4, -0.2) is 52.8 Å². The van der Waals surface area contributed by atoms with Gasteiger partial charge in [-0.05, 0) is 29.8 Å². The molecule has 3 rings (SSSR count). The highest BCUT2D eigenvalue weighted by Crippen LogP contribution is 2.38. The summed E-state index contributed by atoms with van der Waals surface area (Å²) in [5, 5.41) is 3.17. The first-order valence-electron chi connectivity index (χ1n) is 8.92. The van der Waals surface area contributed by atoms with Crippen molar-refractivity contribution in [3.63, 3.8) is 0 Å². The Hall–Kier alpha value is -3.10. The molecule has 1 aliphatic rings. The fraction of sp³-hybridized carbons (Fsp3) is 0.333. The van der Waals surface area contributed by atoms with Crippen LogP contribution >= 0.6 is 0 Å². The molecule has 1 heterocycles. The average Bonchev–Trinajstić information content (AvgIpc) is 3.27. The standard InChI is InChI=1S/C21H23NO7/c1-25-16-9-14(10-17(26-2)19(16)27-3)18(23)15-11-29-20(22-15)12-5-7-13(8-6-12)21(24)28-4/h5-10,15,20,22H,11H2,1-4H3. The van der Waals surface area contributed by atoms with Gasteiger partial charge in [0.2, 0.25) is 5.75 Å². The van der Waals surface area contributed by atoms with Gasteiger partial charge in [-0.1, -0.05) is 12.1 Å². The molecular weight excluding hydrogens is 378 g/mol. The fourth-order valence-corrected chi connectivity index (χ4v) is 3.15. The highest BCUT2D eigenvalue weighted by atomic mass is 16.5. The summed E-state index contributed by atoms with van der Waals surface area (Å²) < 4.78 is 26.4. The molecule has 1 N–H and O–H groups in total. The van der Waals surface area contributed by atoms with E-state index >= 15 is 0 Å². The van der Waals surface area contributed by atoms with Gasteiger partial charge in [-0.25, -0.2) is 4.79 Å². The minimum absolute atomic E-state index is 0.155. The van der Waals surface area contributed by atoms with E-state index in [0.717, 1.165) is 5.56 Å². The van der Waals surface area contributed by atoms with Crippen molar-refractivity contribution in [3.05, 3.63) is 53.1 Å². The molecule has 1 fully saturated rings. The minimum atomic E-state index is -0.539. The number of Topliss-reactive ketones (excluding diaryl/α,β-unsaturated/α-hetero) is 1. The highest BCUT2D eigenvalue weighted by Gasteiger charge is 2.32. The van der Waals surface area contributed by atoms with Crippen LogP contribution in [0.2, 0.25) is 0 Å². The number of carbonyl (C=O) groups is 2. The van der Waals surface area contributed by atoms with Crippen LogP contribution in [-0.2, 0) is 9.47 Å². The molecule has 2 aromatic rings. The van der Waals surface area contributed by atoms with Crippen molar-refractivity contribution in [2.75, 3.05) is 35.0 Å². The van der Waals surface area contributed by atoms with Crippen LogP contribution < -0.4 is 19.5 Å². The van der Waals surface area contributed by atoms with Crippen LogP contribution in [0.3, 0.4) is 0 Å². The number of benzene rings is 2. The third-order valence-corrected chi connectivity index (χ3v) is 4.68. The molecule has 0 saturated carbocycles. The van der Waals surface area contributed by atoms with Gasteiger partial charge >= 0.3 is 5.97 Å². The largest absolute Gasteiger partial charge is 0.493 e. The molecule has 0 spiro atoms. The molecular formula is C21H23NO7. The number of ketones is 1. The maximum absolute atomic E-state index is 13.0. The van der Waals surface area contributed by atoms with Crippen LogP contribution in [0.25, 0.3) is 0 Å². The Kier molecular flexibility index (Phi) is 6.36. The van der Waals surface area contributed by atoms with Crippen molar-refractivity contribution >= 4 is 11.8 Å². The van der Waals surface area contributed by atoms with E-state index in [1.165, 1.54) is 28.4 Å². The van der Waals surface area contributed by atoms with Crippen molar-refractivity contribution in [1.29, 1.82) is 0 Å². The Morgan fingerprint density at radius 3 is 2.07 bits per heavy atom. The van der Waals surface area contributed by atoms with Crippen LogP contribution in [0.15, 0.2) is 36.4 Å². The number of rotatable bonds is 7. The van der Waals surface area contributed by atoms with E-state index in [0.29, 0.717) is 28.4 Å². The second-order valence-corrected chi connectivity index (χ2v) is 6.32. The lowest BCUT2D eigenvalue weighted by Crippen LogP contribution is -2.34. The predicted octanol–water partition coefficient (Wildman–Crippen LogP) is 2.37. The molecule has 1 aliphatic heterocycles. The molecule has 0 aromatic heterocycles. The molecule has 154 valence electrons. The molecule has 2 atom stereocenters. The molecule has 0 radical (unpaired) electrons. The number of ether oxygens (including phenoxy) is 5. The number of methoxy groups -OCH3 is 4. The summed E-state index contributed by atoms with van der Waals surface area (Å²) in [6.45, 7) is 0.207. The van der Waals surface area contributed by atoms with E-state index in [1.54, 1.807) is 36.4 Å². The predicted molar refractivity (Wildman–Crippen MR) is 104 cm³/mol. The van der Waals surface area contributed by atoms with Crippen LogP contribution in [0.4, 0.5) is 0 Å². The molecule has 1 saturated heterocycles. The lowest BCUT2D eigenvalue weighted by molar-refractivity contribution is 0.0600. The zero-order valence-corrected chi connectivity index (χ0v) is 16.7. The summed E-state index contributed by atoms with van der Waals surface area (Å²) in [5.41, 5.74) is 1.67. The first-order valence-corrected chi connectivity index (χ1v) is 8.92. The van der Waals surface area contributed by atoms with Gasteiger partial charge in [0.1, 0.15) is 6.23 Å². The lowest BCUT2D eigenvalue weighted by Gasteiger charge is -2.16. The lowest BCUT2D eigenvalue weighted by atomic mass is 10.0. The molecule has 29 heavy (non-hydrogen) atoms. The second-order valence-electron chi connectivity index (χ2n) is 6.32. The Morgan fingerprint density at radius 1 is 0.931 bits per heavy atom. The fourth-order valence-electron chi connectivity index (χ4n) is 3.15. The number of carbonyl (C=O) groups excluding carboxylic acids is 2. The SMILES string of the molecule is COC(=O)c1ccc(C2NC(C(=O)c3cc(OC)c(OC)c(OC)c3)CO2)cc1. The number of nitrogens with one attached hydrogen (secondary N) is 1. The highest BCUT2D eigenvalue weighted by molar-refractivity contribution is 6.01. The summed E-state index contributed by atoms with van der Waals surface area (Å²) in [6, 6.07) is 9.52. The summed E-state index contributed by atoms with van der Waals surface area (Å²) in [7, 11) is 5.83. The zero-order valence-electron chi connectivity index (χ0n) is 16.7. The maximum atomic E-state index is 13.0. The summed E-state index contributed by atoms with van der Waals surface area (Å²) in [6.07, 6.45) is -0.460. The third-order valence-electron chi connectivity index (χ3n) is 4.68. The summed E-state index contributed by atoms with van der Waals surface area (Å²) in [4.78, 5) is 24.5. The third kappa shape index (κ3) is 4.18. The van der Waals surface area contributed by atoms with E-state index in [1.807, 2.05) is 0 Å². The zero-order chi connectivity index (χ0) is 21.0. The van der Waals surface area contributed by atoms with Gasteiger partial charge in [-0.2, -0.15) is 0 Å². The van der Waals surface area contributed by atoms with Crippen molar-refractivity contribution in [1.82, 2.24) is 5.32 Å². The van der Waals surface area contributed by atoms with E-state index in [9.17, 15) is 9.59 Å². The second kappa shape index (κ2) is 8.93. The first-order chi connectivity index (χ1) is 14.0. The van der Waals surface area contributed by atoms with Gasteiger partial charge in [0.15, 0.2) is 17.3 Å². The van der Waals surface area contributed by atoms with Crippen LogP contribution in [0.5, 0.6) is 17.2 Å². The van der Waals surface area contributed by atoms with Gasteiger partial charge in [0.25, 0.3) is 0 Å². The summed E-state index contributed by atoms with van der Waals surface area (Å²) in [5.74, 6) is 0.670. The van der Waals surface area contributed by atoms with Gasteiger partial charge in [0, 0.05) is 5.56 Å². The van der Waals surface area contributed by atoms with E-state index in [-0.39, 0.29) is 12.4 Å². The van der Waals surface area contributed by atoms with Gasteiger partial charge in [-0.15, -0.1) is 0 Å². The van der Waals surface area contributed by atoms with Gasteiger partial charge in [0.05, 0.1) is 46.7 Å². The number of esters is 1. The summed E-state index contributed by atoms with van der Waals surface area (Å²) >= 11 is 0. The molecule has 0 bridgehead atoms. The smallest absolute Gasteiger partial charge is 0.337 e. The van der Waals surface area contributed by atoms with Crippen molar-refractivity contribution in [2.24, 2.45) is 0 Å². The average molecular weight is 401 g/mol. The van der Waals surface area contributed by atoms with Crippen LogP contribution in [0.1, 0.15) is 32.5 Å². The van der Waals surface area contributed by atoms with Crippen molar-refractivity contribution < 1.29 is 33.3 Å².